The second-order valence-corrected chi connectivity index (χ2v) is 11.4. The van der Waals surface area contributed by atoms with Gasteiger partial charge in [-0.05, 0) is 0 Å². The average molecular weight is 273 g/mol. The number of hydrogen-bond acceptors (Lipinski definition) is 5. The van der Waals surface area contributed by atoms with Crippen molar-refractivity contribution in [3.05, 3.63) is 0 Å². The van der Waals surface area contributed by atoms with Crippen LogP contribution in [0.1, 0.15) is 0 Å². The lowest BCUT2D eigenvalue weighted by Gasteiger charge is -2.18. The molecule has 2 rings (SSSR count). The Bertz CT molecular complexity index is 180. The zero-order chi connectivity index (χ0) is 9.31. The lowest BCUT2D eigenvalue weighted by atomic mass is 10.6. The van der Waals surface area contributed by atoms with Gasteiger partial charge in [0.25, 0.3) is 0 Å². The van der Waals surface area contributed by atoms with Gasteiger partial charge < -0.3 is 4.55 Å². The lowest BCUT2D eigenvalue weighted by molar-refractivity contribution is 0.600. The van der Waals surface area contributed by atoms with Crippen molar-refractivity contribution in [1.29, 1.82) is 0 Å². The van der Waals surface area contributed by atoms with E-state index in [1.165, 1.54) is 17.3 Å². The van der Waals surface area contributed by atoms with Gasteiger partial charge in [-0.3, -0.25) is 0 Å². The normalized spacial score (nSPS) is 34.2. The van der Waals surface area contributed by atoms with Gasteiger partial charge in [-0.15, -0.1) is 47.0 Å². The summed E-state index contributed by atoms with van der Waals surface area (Å²) in [5, 5.41) is 0.619. The van der Waals surface area contributed by atoms with E-state index in [0.29, 0.717) is 7.99 Å². The van der Waals surface area contributed by atoms with Gasteiger partial charge in [0.15, 0.2) is 2.74 Å². The lowest BCUT2D eigenvalue weighted by Crippen LogP contribution is -2.17. The van der Waals surface area contributed by atoms with Gasteiger partial charge in [0.05, 0.1) is 11.5 Å². The molecule has 2 unspecified atom stereocenters. The zero-order valence-electron chi connectivity index (χ0n) is 7.36. The van der Waals surface area contributed by atoms with E-state index in [9.17, 15) is 4.55 Å². The number of rotatable bonds is 2. The van der Waals surface area contributed by atoms with Crippen LogP contribution in [-0.2, 0) is 11.2 Å². The number of hydrogen-bond donors (Lipinski definition) is 0. The summed E-state index contributed by atoms with van der Waals surface area (Å²) in [6, 6.07) is 0. The third kappa shape index (κ3) is 2.84. The van der Waals surface area contributed by atoms with E-state index in [4.69, 9.17) is 0 Å². The average Bonchev–Trinajstić information content (AvgIpc) is 2.63. The van der Waals surface area contributed by atoms with Crippen molar-refractivity contribution >= 4 is 58.2 Å². The summed E-state index contributed by atoms with van der Waals surface area (Å²) in [5.41, 5.74) is 0. The maximum atomic E-state index is 11.1. The molecule has 0 aliphatic carbocycles. The predicted molar refractivity (Wildman–Crippen MR) is 70.4 cm³/mol. The highest BCUT2D eigenvalue weighted by Crippen LogP contribution is 2.64. The van der Waals surface area contributed by atoms with Gasteiger partial charge in [-0.25, -0.2) is 0 Å². The van der Waals surface area contributed by atoms with Crippen molar-refractivity contribution in [2.75, 3.05) is 29.3 Å². The second-order valence-electron chi connectivity index (χ2n) is 2.99. The van der Waals surface area contributed by atoms with Crippen LogP contribution in [0, 0.1) is 0 Å². The molecule has 6 heteroatoms. The molecule has 0 N–H and O–H groups in total. The first-order chi connectivity index (χ1) is 6.20. The van der Waals surface area contributed by atoms with Crippen LogP contribution in [0.2, 0.25) is 0 Å². The minimum Gasteiger partial charge on any atom is -0.617 e. The van der Waals surface area contributed by atoms with Crippen LogP contribution >= 0.6 is 47.0 Å². The Morgan fingerprint density at radius 3 is 2.69 bits per heavy atom. The van der Waals surface area contributed by atoms with Crippen molar-refractivity contribution < 1.29 is 4.55 Å². The van der Waals surface area contributed by atoms with Gasteiger partial charge in [0.2, 0.25) is 0 Å². The van der Waals surface area contributed by atoms with Crippen LogP contribution in [0.5, 0.6) is 0 Å². The molecule has 0 aromatic rings. The molecule has 0 amide bonds. The molecular weight excluding hydrogens is 260 g/mol. The molecule has 2 fully saturated rings. The highest BCUT2D eigenvalue weighted by atomic mass is 32.3. The molecule has 76 valence electrons. The quantitative estimate of drug-likeness (QED) is 0.718. The highest BCUT2D eigenvalue weighted by Gasteiger charge is 2.45. The van der Waals surface area contributed by atoms with Crippen molar-refractivity contribution in [2.45, 2.75) is 7.99 Å². The third-order valence-corrected chi connectivity index (χ3v) is 10.8. The summed E-state index contributed by atoms with van der Waals surface area (Å²) in [4.78, 5) is 0. The topological polar surface area (TPSA) is 23.1 Å². The van der Waals surface area contributed by atoms with Gasteiger partial charge >= 0.3 is 0 Å². The van der Waals surface area contributed by atoms with Crippen molar-refractivity contribution in [1.82, 2.24) is 0 Å². The minimum absolute atomic E-state index is 0.379. The van der Waals surface area contributed by atoms with Crippen molar-refractivity contribution in [2.24, 2.45) is 0 Å². The Morgan fingerprint density at radius 1 is 1.38 bits per heavy atom. The van der Waals surface area contributed by atoms with E-state index in [1.807, 2.05) is 18.0 Å². The third-order valence-electron chi connectivity index (χ3n) is 1.82. The van der Waals surface area contributed by atoms with Crippen LogP contribution in [-0.4, -0.2) is 41.8 Å². The Balaban J connectivity index is 1.86. The summed E-state index contributed by atoms with van der Waals surface area (Å²) in [5.74, 6) is 4.63. The van der Waals surface area contributed by atoms with Crippen molar-refractivity contribution in [3.8, 4) is 0 Å². The molecule has 1 spiro atoms. The Kier molecular flexibility index (Phi) is 4.05. The van der Waals surface area contributed by atoms with Crippen LogP contribution in [0.3, 0.4) is 0 Å². The minimum atomic E-state index is -0.625. The largest absolute Gasteiger partial charge is 0.617 e. The molecule has 2 atom stereocenters. The van der Waals surface area contributed by atoms with Crippen LogP contribution in [0.15, 0.2) is 0 Å². The first kappa shape index (κ1) is 11.2. The maximum Gasteiger partial charge on any atom is 0.154 e. The summed E-state index contributed by atoms with van der Waals surface area (Å²) in [7, 11) is 0. The molecule has 2 heterocycles. The van der Waals surface area contributed by atoms with E-state index >= 15 is 0 Å². The second kappa shape index (κ2) is 4.70. The molecule has 0 aromatic carbocycles. The van der Waals surface area contributed by atoms with Crippen molar-refractivity contribution in [3.63, 3.8) is 0 Å². The van der Waals surface area contributed by atoms with Gasteiger partial charge in [0, 0.05) is 17.3 Å². The summed E-state index contributed by atoms with van der Waals surface area (Å²) in [6.45, 7) is 0. The molecule has 0 bridgehead atoms. The summed E-state index contributed by atoms with van der Waals surface area (Å²) in [6.07, 6.45) is 1.81. The van der Waals surface area contributed by atoms with E-state index in [0.717, 1.165) is 5.75 Å². The zero-order valence-corrected chi connectivity index (χ0v) is 11.4. The Labute approximate surface area is 99.5 Å². The fourth-order valence-electron chi connectivity index (χ4n) is 1.34. The standard InChI is InChI=1S/C7H12OS5/c1-13(8)5-6-4-11-7(12-6)9-2-3-10-7/h6H,2-5H2,1H3. The van der Waals surface area contributed by atoms with Gasteiger partial charge in [0.1, 0.15) is 5.75 Å². The summed E-state index contributed by atoms with van der Waals surface area (Å²) >= 11 is 7.62. The van der Waals surface area contributed by atoms with E-state index in [2.05, 4.69) is 35.3 Å². The fourth-order valence-corrected chi connectivity index (χ4v) is 10.7. The molecule has 13 heavy (non-hydrogen) atoms. The first-order valence-corrected chi connectivity index (χ1v) is 9.66. The van der Waals surface area contributed by atoms with E-state index in [1.54, 1.807) is 0 Å². The Hall–Kier alpha value is 1.71. The molecule has 0 saturated carbocycles. The van der Waals surface area contributed by atoms with E-state index < -0.39 is 11.2 Å². The van der Waals surface area contributed by atoms with Crippen LogP contribution in [0.25, 0.3) is 0 Å². The maximum absolute atomic E-state index is 11.1. The molecule has 2 aliphatic heterocycles. The van der Waals surface area contributed by atoms with Gasteiger partial charge in [-0.1, -0.05) is 11.2 Å². The molecular formula is C7H12OS5. The Morgan fingerprint density at radius 2 is 2.08 bits per heavy atom. The van der Waals surface area contributed by atoms with Crippen LogP contribution in [0.4, 0.5) is 0 Å². The monoisotopic (exact) mass is 272 g/mol. The predicted octanol–water partition coefficient (Wildman–Crippen LogP) is 2.30. The summed E-state index contributed by atoms with van der Waals surface area (Å²) < 4.78 is 11.5. The molecule has 2 aliphatic rings. The molecule has 0 aromatic heterocycles. The molecule has 2 saturated heterocycles. The highest BCUT2D eigenvalue weighted by molar-refractivity contribution is 8.50. The molecule has 1 nitrogen and oxygen atoms in total. The fraction of sp³-hybridized carbons (Fsp3) is 1.00. The molecule has 0 radical (unpaired) electrons. The van der Waals surface area contributed by atoms with E-state index in [-0.39, 0.29) is 0 Å². The number of thioether (sulfide) groups is 4. The van der Waals surface area contributed by atoms with Gasteiger partial charge in [-0.2, -0.15) is 0 Å². The SMILES string of the molecule is C[S+]([O-])CC1CSC2(SCCS2)S1. The van der Waals surface area contributed by atoms with Crippen LogP contribution < -0.4 is 0 Å². The smallest absolute Gasteiger partial charge is 0.154 e. The first-order valence-electron chi connectivity index (χ1n) is 4.10.